The van der Waals surface area contributed by atoms with Crippen LogP contribution in [0.25, 0.3) is 0 Å². The zero-order valence-corrected chi connectivity index (χ0v) is 8.42. The van der Waals surface area contributed by atoms with Crippen LogP contribution in [0, 0.1) is 5.92 Å². The van der Waals surface area contributed by atoms with Crippen molar-refractivity contribution >= 4 is 11.5 Å². The molecule has 1 heterocycles. The van der Waals surface area contributed by atoms with Crippen LogP contribution in [-0.4, -0.2) is 16.7 Å². The molecule has 0 spiro atoms. The minimum absolute atomic E-state index is 0.636. The van der Waals surface area contributed by atoms with Gasteiger partial charge in [-0.3, -0.25) is 5.10 Å². The van der Waals surface area contributed by atoms with E-state index in [4.69, 9.17) is 5.73 Å². The van der Waals surface area contributed by atoms with E-state index in [0.717, 1.165) is 18.2 Å². The maximum atomic E-state index is 5.65. The second-order valence-electron chi connectivity index (χ2n) is 4.06. The number of rotatable bonds is 4. The molecule has 0 bridgehead atoms. The molecule has 2 rings (SSSR count). The highest BCUT2D eigenvalue weighted by Crippen LogP contribution is 2.27. The zero-order valence-electron chi connectivity index (χ0n) is 8.42. The van der Waals surface area contributed by atoms with Crippen molar-refractivity contribution in [2.45, 2.75) is 32.1 Å². The van der Waals surface area contributed by atoms with Crippen molar-refractivity contribution in [3.63, 3.8) is 0 Å². The van der Waals surface area contributed by atoms with Crippen LogP contribution in [0.4, 0.5) is 11.5 Å². The fraction of sp³-hybridized carbons (Fsp3) is 0.700. The molecule has 1 aromatic rings. The number of aromatic amines is 1. The summed E-state index contributed by atoms with van der Waals surface area (Å²) in [6, 6.07) is 0. The molecule has 14 heavy (non-hydrogen) atoms. The molecule has 1 fully saturated rings. The van der Waals surface area contributed by atoms with Gasteiger partial charge in [-0.1, -0.05) is 25.7 Å². The monoisotopic (exact) mass is 194 g/mol. The van der Waals surface area contributed by atoms with Gasteiger partial charge < -0.3 is 11.1 Å². The lowest BCUT2D eigenvalue weighted by Gasteiger charge is -2.09. The average Bonchev–Trinajstić information content (AvgIpc) is 2.78. The van der Waals surface area contributed by atoms with Gasteiger partial charge in [-0.15, -0.1) is 0 Å². The highest BCUT2D eigenvalue weighted by Gasteiger charge is 2.14. The third kappa shape index (κ3) is 2.19. The summed E-state index contributed by atoms with van der Waals surface area (Å²) < 4.78 is 0. The highest BCUT2D eigenvalue weighted by atomic mass is 15.2. The molecule has 1 aromatic heterocycles. The number of anilines is 2. The number of nitrogens with one attached hydrogen (secondary N) is 2. The Bertz CT molecular complexity index is 275. The number of nitrogens with zero attached hydrogens (tertiary/aromatic N) is 1. The Kier molecular flexibility index (Phi) is 2.91. The Morgan fingerprint density at radius 2 is 2.29 bits per heavy atom. The largest absolute Gasteiger partial charge is 0.382 e. The first-order valence-electron chi connectivity index (χ1n) is 5.39. The topological polar surface area (TPSA) is 66.7 Å². The third-order valence-corrected chi connectivity index (χ3v) is 3.01. The molecule has 1 saturated carbocycles. The molecule has 0 radical (unpaired) electrons. The third-order valence-electron chi connectivity index (χ3n) is 3.01. The number of hydrogen-bond acceptors (Lipinski definition) is 3. The molecular formula is C10H18N4. The molecule has 0 aromatic carbocycles. The van der Waals surface area contributed by atoms with Gasteiger partial charge in [-0.05, 0) is 12.3 Å². The number of aromatic nitrogens is 2. The fourth-order valence-corrected chi connectivity index (χ4v) is 2.15. The summed E-state index contributed by atoms with van der Waals surface area (Å²) >= 11 is 0. The molecule has 4 N–H and O–H groups in total. The molecule has 0 atom stereocenters. The van der Waals surface area contributed by atoms with Gasteiger partial charge in [0.05, 0.1) is 11.9 Å². The zero-order chi connectivity index (χ0) is 9.80. The lowest BCUT2D eigenvalue weighted by atomic mass is 10.0. The number of nitrogens with two attached hydrogens (primary N) is 1. The minimum Gasteiger partial charge on any atom is -0.382 e. The van der Waals surface area contributed by atoms with Crippen molar-refractivity contribution in [2.24, 2.45) is 5.92 Å². The summed E-state index contributed by atoms with van der Waals surface area (Å²) in [5, 5.41) is 9.87. The van der Waals surface area contributed by atoms with Crippen LogP contribution in [0.2, 0.25) is 0 Å². The second-order valence-corrected chi connectivity index (χ2v) is 4.06. The number of hydrogen-bond donors (Lipinski definition) is 3. The van der Waals surface area contributed by atoms with Crippen molar-refractivity contribution in [3.05, 3.63) is 6.20 Å². The normalized spacial score (nSPS) is 17.4. The molecule has 78 valence electrons. The lowest BCUT2D eigenvalue weighted by molar-refractivity contribution is 0.519. The highest BCUT2D eigenvalue weighted by molar-refractivity contribution is 5.59. The Morgan fingerprint density at radius 1 is 1.50 bits per heavy atom. The van der Waals surface area contributed by atoms with Crippen LogP contribution in [0.1, 0.15) is 32.1 Å². The van der Waals surface area contributed by atoms with Crippen LogP contribution in [0.5, 0.6) is 0 Å². The van der Waals surface area contributed by atoms with E-state index in [-0.39, 0.29) is 0 Å². The molecule has 0 unspecified atom stereocenters. The van der Waals surface area contributed by atoms with Gasteiger partial charge in [0.15, 0.2) is 0 Å². The first-order chi connectivity index (χ1) is 6.86. The Labute approximate surface area is 84.3 Å². The SMILES string of the molecule is Nc1[nH]ncc1NCCC1CCCC1. The lowest BCUT2D eigenvalue weighted by Crippen LogP contribution is -2.07. The minimum atomic E-state index is 0.636. The predicted octanol–water partition coefficient (Wildman–Crippen LogP) is 1.98. The standard InChI is InChI=1S/C10H18N4/c11-10-9(7-13-14-10)12-6-5-8-3-1-2-4-8/h7-8,12H,1-6H2,(H3,11,13,14). The smallest absolute Gasteiger partial charge is 0.142 e. The second kappa shape index (κ2) is 4.35. The Balaban J connectivity index is 1.70. The summed E-state index contributed by atoms with van der Waals surface area (Å²) in [6.07, 6.45) is 8.64. The van der Waals surface area contributed by atoms with E-state index in [2.05, 4.69) is 15.5 Å². The summed E-state index contributed by atoms with van der Waals surface area (Å²) in [5.41, 5.74) is 6.59. The quantitative estimate of drug-likeness (QED) is 0.686. The first-order valence-corrected chi connectivity index (χ1v) is 5.39. The van der Waals surface area contributed by atoms with Gasteiger partial charge in [0.1, 0.15) is 5.82 Å². The molecular weight excluding hydrogens is 176 g/mol. The fourth-order valence-electron chi connectivity index (χ4n) is 2.15. The van der Waals surface area contributed by atoms with Crippen molar-refractivity contribution in [1.82, 2.24) is 10.2 Å². The van der Waals surface area contributed by atoms with E-state index in [9.17, 15) is 0 Å². The van der Waals surface area contributed by atoms with E-state index in [0.29, 0.717) is 5.82 Å². The van der Waals surface area contributed by atoms with E-state index in [1.165, 1.54) is 32.1 Å². The van der Waals surface area contributed by atoms with Gasteiger partial charge in [0.2, 0.25) is 0 Å². The van der Waals surface area contributed by atoms with Crippen molar-refractivity contribution < 1.29 is 0 Å². The molecule has 4 nitrogen and oxygen atoms in total. The van der Waals surface area contributed by atoms with Crippen LogP contribution in [0.15, 0.2) is 6.20 Å². The van der Waals surface area contributed by atoms with Crippen LogP contribution < -0.4 is 11.1 Å². The molecule has 1 aliphatic rings. The van der Waals surface area contributed by atoms with Gasteiger partial charge in [0.25, 0.3) is 0 Å². The van der Waals surface area contributed by atoms with Crippen LogP contribution >= 0.6 is 0 Å². The Morgan fingerprint density at radius 3 is 2.93 bits per heavy atom. The molecule has 0 saturated heterocycles. The molecule has 1 aliphatic carbocycles. The molecule has 4 heteroatoms. The van der Waals surface area contributed by atoms with E-state index >= 15 is 0 Å². The molecule has 0 amide bonds. The van der Waals surface area contributed by atoms with Crippen LogP contribution in [-0.2, 0) is 0 Å². The van der Waals surface area contributed by atoms with Crippen molar-refractivity contribution in [1.29, 1.82) is 0 Å². The van der Waals surface area contributed by atoms with Gasteiger partial charge in [0, 0.05) is 6.54 Å². The van der Waals surface area contributed by atoms with Gasteiger partial charge in [-0.25, -0.2) is 0 Å². The summed E-state index contributed by atoms with van der Waals surface area (Å²) in [4.78, 5) is 0. The maximum absolute atomic E-state index is 5.65. The summed E-state index contributed by atoms with van der Waals surface area (Å²) in [7, 11) is 0. The van der Waals surface area contributed by atoms with E-state index in [1.807, 2.05) is 0 Å². The summed E-state index contributed by atoms with van der Waals surface area (Å²) in [6.45, 7) is 1.01. The predicted molar refractivity (Wildman–Crippen MR) is 58.1 cm³/mol. The van der Waals surface area contributed by atoms with E-state index in [1.54, 1.807) is 6.20 Å². The van der Waals surface area contributed by atoms with Crippen molar-refractivity contribution in [3.8, 4) is 0 Å². The number of H-pyrrole nitrogens is 1. The van der Waals surface area contributed by atoms with Crippen molar-refractivity contribution in [2.75, 3.05) is 17.6 Å². The van der Waals surface area contributed by atoms with Gasteiger partial charge >= 0.3 is 0 Å². The maximum Gasteiger partial charge on any atom is 0.142 e. The van der Waals surface area contributed by atoms with E-state index < -0.39 is 0 Å². The van der Waals surface area contributed by atoms with Crippen LogP contribution in [0.3, 0.4) is 0 Å². The number of nitrogen functional groups attached to an aromatic ring is 1. The molecule has 0 aliphatic heterocycles. The van der Waals surface area contributed by atoms with Gasteiger partial charge in [-0.2, -0.15) is 5.10 Å². The Hall–Kier alpha value is -1.19. The first kappa shape index (κ1) is 9.37. The average molecular weight is 194 g/mol. The summed E-state index contributed by atoms with van der Waals surface area (Å²) in [5.74, 6) is 1.56.